The van der Waals surface area contributed by atoms with E-state index in [2.05, 4.69) is 10.3 Å². The van der Waals surface area contributed by atoms with E-state index in [1.165, 1.54) is 6.20 Å². The SMILES string of the molecule is CC(C)(O)c1ccc(C(=O)Nc2c[nH]c3cc(F)c(F)cc23)cc1. The molecule has 0 saturated heterocycles. The molecule has 0 aliphatic rings. The van der Waals surface area contributed by atoms with Crippen LogP contribution >= 0.6 is 0 Å². The van der Waals surface area contributed by atoms with Crippen LogP contribution in [-0.2, 0) is 5.60 Å². The van der Waals surface area contributed by atoms with E-state index in [-0.39, 0.29) is 5.91 Å². The van der Waals surface area contributed by atoms with Crippen molar-refractivity contribution in [1.29, 1.82) is 0 Å². The molecule has 0 aliphatic carbocycles. The second kappa shape index (κ2) is 5.72. The Morgan fingerprint density at radius 2 is 1.75 bits per heavy atom. The van der Waals surface area contributed by atoms with Crippen LogP contribution in [0.1, 0.15) is 29.8 Å². The third-order valence-corrected chi connectivity index (χ3v) is 3.82. The van der Waals surface area contributed by atoms with Crippen LogP contribution in [0.3, 0.4) is 0 Å². The Balaban J connectivity index is 1.86. The Morgan fingerprint density at radius 1 is 1.12 bits per heavy atom. The molecule has 24 heavy (non-hydrogen) atoms. The monoisotopic (exact) mass is 330 g/mol. The predicted molar refractivity (Wildman–Crippen MR) is 87.9 cm³/mol. The predicted octanol–water partition coefficient (Wildman–Crippen LogP) is 3.93. The Hall–Kier alpha value is -2.73. The van der Waals surface area contributed by atoms with Gasteiger partial charge in [-0.3, -0.25) is 4.79 Å². The van der Waals surface area contributed by atoms with Gasteiger partial charge in [0.05, 0.1) is 16.8 Å². The van der Waals surface area contributed by atoms with Gasteiger partial charge in [0.15, 0.2) is 11.6 Å². The zero-order valence-electron chi connectivity index (χ0n) is 13.2. The number of aromatic amines is 1. The van der Waals surface area contributed by atoms with E-state index in [4.69, 9.17) is 0 Å². The summed E-state index contributed by atoms with van der Waals surface area (Å²) < 4.78 is 26.6. The Morgan fingerprint density at radius 3 is 2.38 bits per heavy atom. The number of hydrogen-bond donors (Lipinski definition) is 3. The van der Waals surface area contributed by atoms with Gasteiger partial charge in [-0.1, -0.05) is 12.1 Å². The number of aromatic nitrogens is 1. The highest BCUT2D eigenvalue weighted by Crippen LogP contribution is 2.26. The maximum absolute atomic E-state index is 13.4. The Bertz CT molecular complexity index is 909. The Kier molecular flexibility index (Phi) is 3.85. The quantitative estimate of drug-likeness (QED) is 0.681. The van der Waals surface area contributed by atoms with Crippen LogP contribution in [0, 0.1) is 11.6 Å². The first-order valence-electron chi connectivity index (χ1n) is 7.36. The number of nitrogens with one attached hydrogen (secondary N) is 2. The molecule has 1 aromatic heterocycles. The van der Waals surface area contributed by atoms with E-state index in [9.17, 15) is 18.7 Å². The molecule has 4 nitrogen and oxygen atoms in total. The van der Waals surface area contributed by atoms with Crippen molar-refractivity contribution in [3.05, 3.63) is 65.4 Å². The van der Waals surface area contributed by atoms with E-state index >= 15 is 0 Å². The molecule has 124 valence electrons. The summed E-state index contributed by atoms with van der Waals surface area (Å²) in [5.74, 6) is -2.32. The molecule has 0 unspecified atom stereocenters. The lowest BCUT2D eigenvalue weighted by Crippen LogP contribution is -2.16. The molecule has 1 amide bonds. The lowest BCUT2D eigenvalue weighted by Gasteiger charge is -2.17. The third kappa shape index (κ3) is 3.00. The van der Waals surface area contributed by atoms with Gasteiger partial charge >= 0.3 is 0 Å². The number of hydrogen-bond acceptors (Lipinski definition) is 2. The smallest absolute Gasteiger partial charge is 0.255 e. The number of carbonyl (C=O) groups excluding carboxylic acids is 1. The summed E-state index contributed by atoms with van der Waals surface area (Å²) in [6, 6.07) is 8.60. The highest BCUT2D eigenvalue weighted by Gasteiger charge is 2.17. The first-order chi connectivity index (χ1) is 11.3. The highest BCUT2D eigenvalue weighted by molar-refractivity contribution is 6.09. The minimum atomic E-state index is -0.993. The van der Waals surface area contributed by atoms with Crippen molar-refractivity contribution in [2.75, 3.05) is 5.32 Å². The van der Waals surface area contributed by atoms with E-state index in [0.717, 1.165) is 12.1 Å². The van der Waals surface area contributed by atoms with Gasteiger partial charge in [-0.25, -0.2) is 8.78 Å². The standard InChI is InChI=1S/C18H16F2N2O2/c1-18(2,24)11-5-3-10(4-6-11)17(23)22-16-9-21-15-8-14(20)13(19)7-12(15)16/h3-9,21,24H,1-2H3,(H,22,23). The Labute approximate surface area is 137 Å². The lowest BCUT2D eigenvalue weighted by atomic mass is 9.97. The van der Waals surface area contributed by atoms with Crippen LogP contribution in [0.15, 0.2) is 42.6 Å². The fourth-order valence-electron chi connectivity index (χ4n) is 2.44. The molecular weight excluding hydrogens is 314 g/mol. The molecule has 0 fully saturated rings. The number of benzene rings is 2. The topological polar surface area (TPSA) is 65.1 Å². The van der Waals surface area contributed by atoms with Gasteiger partial charge in [-0.05, 0) is 37.6 Å². The summed E-state index contributed by atoms with van der Waals surface area (Å²) in [4.78, 5) is 15.1. The minimum Gasteiger partial charge on any atom is -0.386 e. The van der Waals surface area contributed by atoms with Gasteiger partial charge in [-0.2, -0.15) is 0 Å². The van der Waals surface area contributed by atoms with Crippen molar-refractivity contribution < 1.29 is 18.7 Å². The molecule has 3 aromatic rings. The van der Waals surface area contributed by atoms with Crippen LogP contribution in [0.5, 0.6) is 0 Å². The number of amides is 1. The van der Waals surface area contributed by atoms with Gasteiger partial charge < -0.3 is 15.4 Å². The molecule has 6 heteroatoms. The summed E-state index contributed by atoms with van der Waals surface area (Å²) in [5, 5.41) is 13.0. The lowest BCUT2D eigenvalue weighted by molar-refractivity contribution is 0.0785. The second-order valence-electron chi connectivity index (χ2n) is 6.10. The number of carbonyl (C=O) groups is 1. The maximum Gasteiger partial charge on any atom is 0.255 e. The number of fused-ring (bicyclic) bond motifs is 1. The molecule has 1 heterocycles. The maximum atomic E-state index is 13.4. The largest absolute Gasteiger partial charge is 0.386 e. The molecule has 0 aliphatic heterocycles. The van der Waals surface area contributed by atoms with Crippen molar-refractivity contribution in [1.82, 2.24) is 4.98 Å². The molecule has 0 atom stereocenters. The van der Waals surface area contributed by atoms with Gasteiger partial charge in [0.25, 0.3) is 5.91 Å². The van der Waals surface area contributed by atoms with Crippen LogP contribution in [0.25, 0.3) is 10.9 Å². The number of aliphatic hydroxyl groups is 1. The zero-order valence-corrected chi connectivity index (χ0v) is 13.2. The molecule has 0 saturated carbocycles. The molecular formula is C18H16F2N2O2. The molecule has 0 spiro atoms. The molecule has 0 radical (unpaired) electrons. The minimum absolute atomic E-state index is 0.362. The van der Waals surface area contributed by atoms with Crippen LogP contribution in [0.2, 0.25) is 0 Å². The first kappa shape index (κ1) is 16.1. The molecule has 2 aromatic carbocycles. The van der Waals surface area contributed by atoms with Gasteiger partial charge in [-0.15, -0.1) is 0 Å². The highest BCUT2D eigenvalue weighted by atomic mass is 19.2. The number of H-pyrrole nitrogens is 1. The molecule has 3 N–H and O–H groups in total. The fraction of sp³-hybridized carbons (Fsp3) is 0.167. The van der Waals surface area contributed by atoms with Crippen molar-refractivity contribution in [2.45, 2.75) is 19.4 Å². The molecule has 3 rings (SSSR count). The summed E-state index contributed by atoms with van der Waals surface area (Å²) in [6.45, 7) is 3.31. The van der Waals surface area contributed by atoms with Crippen molar-refractivity contribution >= 4 is 22.5 Å². The fourth-order valence-corrected chi connectivity index (χ4v) is 2.44. The van der Waals surface area contributed by atoms with Crippen molar-refractivity contribution in [3.8, 4) is 0 Å². The third-order valence-electron chi connectivity index (χ3n) is 3.82. The summed E-state index contributed by atoms with van der Waals surface area (Å²) in [6.07, 6.45) is 1.48. The zero-order chi connectivity index (χ0) is 17.5. The van der Waals surface area contributed by atoms with Gasteiger partial charge in [0.2, 0.25) is 0 Å². The van der Waals surface area contributed by atoms with E-state index in [1.807, 2.05) is 0 Å². The van der Waals surface area contributed by atoms with Gasteiger partial charge in [0, 0.05) is 23.2 Å². The summed E-state index contributed by atoms with van der Waals surface area (Å²) >= 11 is 0. The number of halogens is 2. The van der Waals surface area contributed by atoms with Crippen molar-refractivity contribution in [3.63, 3.8) is 0 Å². The number of anilines is 1. The van der Waals surface area contributed by atoms with Crippen LogP contribution < -0.4 is 5.32 Å². The van der Waals surface area contributed by atoms with E-state index < -0.39 is 17.2 Å². The molecule has 0 bridgehead atoms. The normalized spacial score (nSPS) is 11.7. The summed E-state index contributed by atoms with van der Waals surface area (Å²) in [5.41, 5.74) is 0.832. The first-order valence-corrected chi connectivity index (χ1v) is 7.36. The number of rotatable bonds is 3. The average molecular weight is 330 g/mol. The van der Waals surface area contributed by atoms with Crippen molar-refractivity contribution in [2.24, 2.45) is 0 Å². The summed E-state index contributed by atoms with van der Waals surface area (Å²) in [7, 11) is 0. The van der Waals surface area contributed by atoms with Gasteiger partial charge in [0.1, 0.15) is 0 Å². The van der Waals surface area contributed by atoms with E-state index in [1.54, 1.807) is 38.1 Å². The van der Waals surface area contributed by atoms with E-state index in [0.29, 0.717) is 27.7 Å². The van der Waals surface area contributed by atoms with Crippen LogP contribution in [-0.4, -0.2) is 16.0 Å². The average Bonchev–Trinajstić information content (AvgIpc) is 2.89. The van der Waals surface area contributed by atoms with Crippen LogP contribution in [0.4, 0.5) is 14.5 Å². The second-order valence-corrected chi connectivity index (χ2v) is 6.10.